The number of sulfonamides is 1. The molecular formula is C18H26N2O3S. The van der Waals surface area contributed by atoms with Gasteiger partial charge in [0.1, 0.15) is 6.04 Å². The van der Waals surface area contributed by atoms with Crippen LogP contribution in [0.1, 0.15) is 39.0 Å². The predicted molar refractivity (Wildman–Crippen MR) is 97.4 cm³/mol. The number of benzene rings is 1. The lowest BCUT2D eigenvalue weighted by Gasteiger charge is -2.28. The van der Waals surface area contributed by atoms with Crippen molar-refractivity contribution in [1.82, 2.24) is 5.32 Å². The van der Waals surface area contributed by atoms with Crippen molar-refractivity contribution in [3.05, 3.63) is 42.0 Å². The van der Waals surface area contributed by atoms with Crippen molar-refractivity contribution in [3.63, 3.8) is 0 Å². The smallest absolute Gasteiger partial charge is 0.243 e. The highest BCUT2D eigenvalue weighted by atomic mass is 32.2. The van der Waals surface area contributed by atoms with E-state index in [1.54, 1.807) is 31.2 Å². The summed E-state index contributed by atoms with van der Waals surface area (Å²) in [5.74, 6) is -0.277. The molecule has 1 N–H and O–H groups in total. The molecular weight excluding hydrogens is 324 g/mol. The Morgan fingerprint density at radius 2 is 1.96 bits per heavy atom. The quantitative estimate of drug-likeness (QED) is 0.769. The lowest BCUT2D eigenvalue weighted by Crippen LogP contribution is -2.48. The highest BCUT2D eigenvalue weighted by Crippen LogP contribution is 2.21. The molecule has 132 valence electrons. The van der Waals surface area contributed by atoms with Crippen molar-refractivity contribution in [2.75, 3.05) is 17.1 Å². The summed E-state index contributed by atoms with van der Waals surface area (Å²) in [5.41, 5.74) is 1.88. The van der Waals surface area contributed by atoms with E-state index >= 15 is 0 Å². The summed E-state index contributed by atoms with van der Waals surface area (Å²) in [7, 11) is -3.55. The van der Waals surface area contributed by atoms with E-state index in [9.17, 15) is 13.2 Å². The molecule has 0 saturated heterocycles. The summed E-state index contributed by atoms with van der Waals surface area (Å²) < 4.78 is 25.4. The second kappa shape index (κ2) is 8.33. The van der Waals surface area contributed by atoms with Gasteiger partial charge < -0.3 is 5.32 Å². The molecule has 1 aromatic carbocycles. The molecule has 1 aliphatic rings. The van der Waals surface area contributed by atoms with Crippen LogP contribution in [0.3, 0.4) is 0 Å². The minimum Gasteiger partial charge on any atom is -0.354 e. The SMILES string of the molecule is CC(C(=O)NCCC1=CCCCC1)N(c1ccccc1)S(C)(=O)=O. The maximum Gasteiger partial charge on any atom is 0.243 e. The number of carbonyl (C=O) groups excluding carboxylic acids is 1. The first kappa shape index (κ1) is 18.5. The number of nitrogens with one attached hydrogen (secondary N) is 1. The fraction of sp³-hybridized carbons (Fsp3) is 0.500. The van der Waals surface area contributed by atoms with E-state index in [1.807, 2.05) is 6.07 Å². The number of para-hydroxylation sites is 1. The lowest BCUT2D eigenvalue weighted by molar-refractivity contribution is -0.121. The van der Waals surface area contributed by atoms with Crippen LogP contribution in [0.15, 0.2) is 42.0 Å². The fourth-order valence-electron chi connectivity index (χ4n) is 3.01. The second-order valence-electron chi connectivity index (χ2n) is 6.22. The van der Waals surface area contributed by atoms with Gasteiger partial charge in [0.25, 0.3) is 0 Å². The average Bonchev–Trinajstić information content (AvgIpc) is 2.55. The zero-order valence-corrected chi connectivity index (χ0v) is 15.2. The first-order valence-corrected chi connectivity index (χ1v) is 10.2. The zero-order chi connectivity index (χ0) is 17.6. The van der Waals surface area contributed by atoms with Gasteiger partial charge in [-0.15, -0.1) is 0 Å². The van der Waals surface area contributed by atoms with Gasteiger partial charge in [-0.2, -0.15) is 0 Å². The molecule has 0 fully saturated rings. The van der Waals surface area contributed by atoms with Crippen LogP contribution in [0.2, 0.25) is 0 Å². The number of hydrogen-bond acceptors (Lipinski definition) is 3. The van der Waals surface area contributed by atoms with E-state index in [0.29, 0.717) is 12.2 Å². The largest absolute Gasteiger partial charge is 0.354 e. The molecule has 5 nitrogen and oxygen atoms in total. The monoisotopic (exact) mass is 350 g/mol. The van der Waals surface area contributed by atoms with Gasteiger partial charge in [0.15, 0.2) is 0 Å². The van der Waals surface area contributed by atoms with Crippen LogP contribution < -0.4 is 9.62 Å². The van der Waals surface area contributed by atoms with Crippen LogP contribution in [0.4, 0.5) is 5.69 Å². The van der Waals surface area contributed by atoms with Crippen molar-refractivity contribution in [1.29, 1.82) is 0 Å². The van der Waals surface area contributed by atoms with E-state index in [4.69, 9.17) is 0 Å². The molecule has 0 spiro atoms. The molecule has 1 aromatic rings. The van der Waals surface area contributed by atoms with E-state index in [0.717, 1.165) is 25.5 Å². The third-order valence-electron chi connectivity index (χ3n) is 4.23. The highest BCUT2D eigenvalue weighted by Gasteiger charge is 2.28. The van der Waals surface area contributed by atoms with Crippen molar-refractivity contribution in [2.45, 2.75) is 45.1 Å². The molecule has 1 atom stereocenters. The average molecular weight is 350 g/mol. The molecule has 6 heteroatoms. The minimum absolute atomic E-state index is 0.277. The normalized spacial score (nSPS) is 16.2. The molecule has 1 amide bonds. The summed E-state index contributed by atoms with van der Waals surface area (Å²) in [6.45, 7) is 2.16. The number of rotatable bonds is 7. The summed E-state index contributed by atoms with van der Waals surface area (Å²) in [5, 5.41) is 2.87. The van der Waals surface area contributed by atoms with E-state index < -0.39 is 16.1 Å². The summed E-state index contributed by atoms with van der Waals surface area (Å²) in [6, 6.07) is 7.92. The molecule has 0 bridgehead atoms. The molecule has 2 rings (SSSR count). The molecule has 0 aromatic heterocycles. The molecule has 0 saturated carbocycles. The van der Waals surface area contributed by atoms with E-state index in [2.05, 4.69) is 11.4 Å². The van der Waals surface area contributed by atoms with Gasteiger partial charge in [-0.25, -0.2) is 8.42 Å². The molecule has 0 radical (unpaired) electrons. The maximum atomic E-state index is 12.4. The molecule has 24 heavy (non-hydrogen) atoms. The van der Waals surface area contributed by atoms with Gasteiger partial charge in [-0.3, -0.25) is 9.10 Å². The Morgan fingerprint density at radius 1 is 1.25 bits per heavy atom. The van der Waals surface area contributed by atoms with Crippen LogP contribution in [-0.2, 0) is 14.8 Å². The van der Waals surface area contributed by atoms with Gasteiger partial charge in [0.2, 0.25) is 15.9 Å². The Morgan fingerprint density at radius 3 is 2.54 bits per heavy atom. The number of amides is 1. The third-order valence-corrected chi connectivity index (χ3v) is 5.47. The van der Waals surface area contributed by atoms with Crippen LogP contribution in [0.5, 0.6) is 0 Å². The van der Waals surface area contributed by atoms with E-state index in [-0.39, 0.29) is 5.91 Å². The van der Waals surface area contributed by atoms with Crippen LogP contribution in [0, 0.1) is 0 Å². The molecule has 1 aliphatic carbocycles. The lowest BCUT2D eigenvalue weighted by atomic mass is 9.97. The van der Waals surface area contributed by atoms with Crippen molar-refractivity contribution in [2.24, 2.45) is 0 Å². The predicted octanol–water partition coefficient (Wildman–Crippen LogP) is 2.85. The zero-order valence-electron chi connectivity index (χ0n) is 14.4. The van der Waals surface area contributed by atoms with Gasteiger partial charge in [0, 0.05) is 6.54 Å². The van der Waals surface area contributed by atoms with Crippen LogP contribution in [-0.4, -0.2) is 33.2 Å². The minimum atomic E-state index is -3.55. The number of nitrogens with zero attached hydrogens (tertiary/aromatic N) is 1. The maximum absolute atomic E-state index is 12.4. The Hall–Kier alpha value is -1.82. The number of hydrogen-bond donors (Lipinski definition) is 1. The Bertz CT molecular complexity index is 683. The molecule has 1 unspecified atom stereocenters. The fourth-order valence-corrected chi connectivity index (χ4v) is 4.18. The van der Waals surface area contributed by atoms with Crippen LogP contribution >= 0.6 is 0 Å². The topological polar surface area (TPSA) is 66.5 Å². The van der Waals surface area contributed by atoms with E-state index in [1.165, 1.54) is 22.7 Å². The first-order chi connectivity index (χ1) is 11.4. The first-order valence-electron chi connectivity index (χ1n) is 8.39. The third kappa shape index (κ3) is 5.09. The number of allylic oxidation sites excluding steroid dienone is 1. The van der Waals surface area contributed by atoms with Gasteiger partial charge >= 0.3 is 0 Å². The summed E-state index contributed by atoms with van der Waals surface area (Å²) >= 11 is 0. The summed E-state index contributed by atoms with van der Waals surface area (Å²) in [6.07, 6.45) is 8.89. The van der Waals surface area contributed by atoms with Gasteiger partial charge in [0.05, 0.1) is 11.9 Å². The Balaban J connectivity index is 1.99. The van der Waals surface area contributed by atoms with Gasteiger partial charge in [-0.1, -0.05) is 29.8 Å². The van der Waals surface area contributed by atoms with Crippen molar-refractivity contribution >= 4 is 21.6 Å². The molecule has 0 aliphatic heterocycles. The van der Waals surface area contributed by atoms with Crippen LogP contribution in [0.25, 0.3) is 0 Å². The molecule has 0 heterocycles. The Kier molecular flexibility index (Phi) is 6.43. The van der Waals surface area contributed by atoms with Crippen molar-refractivity contribution in [3.8, 4) is 0 Å². The highest BCUT2D eigenvalue weighted by molar-refractivity contribution is 7.92. The summed E-state index contributed by atoms with van der Waals surface area (Å²) in [4.78, 5) is 12.4. The van der Waals surface area contributed by atoms with Crippen molar-refractivity contribution < 1.29 is 13.2 Å². The number of anilines is 1. The number of carbonyl (C=O) groups is 1. The second-order valence-corrected chi connectivity index (χ2v) is 8.08. The standard InChI is InChI=1S/C18H26N2O3S/c1-15(18(21)19-14-13-16-9-5-3-6-10-16)20(24(2,22)23)17-11-7-4-8-12-17/h4,7-9,11-12,15H,3,5-6,10,13-14H2,1-2H3,(H,19,21). The Labute approximate surface area is 144 Å². The van der Waals surface area contributed by atoms with Gasteiger partial charge in [-0.05, 0) is 51.2 Å².